The molecule has 0 unspecified atom stereocenters. The van der Waals surface area contributed by atoms with E-state index in [1.165, 1.54) is 17.0 Å². The van der Waals surface area contributed by atoms with Gasteiger partial charge in [0.1, 0.15) is 10.9 Å². The quantitative estimate of drug-likeness (QED) is 0.424. The number of nitrogens with zero attached hydrogens (tertiary/aromatic N) is 2. The first kappa shape index (κ1) is 20.4. The molecule has 0 saturated heterocycles. The summed E-state index contributed by atoms with van der Waals surface area (Å²) in [6.07, 6.45) is 0. The van der Waals surface area contributed by atoms with Crippen molar-refractivity contribution >= 4 is 45.1 Å². The summed E-state index contributed by atoms with van der Waals surface area (Å²) in [7, 11) is 3.24. The lowest BCUT2D eigenvalue weighted by molar-refractivity contribution is 0.230. The third kappa shape index (κ3) is 3.82. The van der Waals surface area contributed by atoms with Crippen LogP contribution in [0.1, 0.15) is 5.56 Å². The molecule has 0 fully saturated rings. The van der Waals surface area contributed by atoms with E-state index in [1.54, 1.807) is 44.4 Å². The number of carbonyl (C=O) groups is 1. The fourth-order valence-corrected chi connectivity index (χ4v) is 3.45. The summed E-state index contributed by atoms with van der Waals surface area (Å²) in [6, 6.07) is 11.1. The molecule has 158 valence electrons. The highest BCUT2D eigenvalue weighted by Gasteiger charge is 2.15. The van der Waals surface area contributed by atoms with Gasteiger partial charge >= 0.3 is 6.03 Å². The van der Waals surface area contributed by atoms with Crippen LogP contribution in [0.5, 0.6) is 0 Å². The number of hydrogen-bond donors (Lipinski definition) is 3. The Morgan fingerprint density at radius 1 is 1.13 bits per heavy atom. The lowest BCUT2D eigenvalue weighted by Gasteiger charge is -2.13. The van der Waals surface area contributed by atoms with Crippen molar-refractivity contribution in [2.45, 2.75) is 6.54 Å². The van der Waals surface area contributed by atoms with Gasteiger partial charge in [0, 0.05) is 30.2 Å². The molecular weight excluding hydrogens is 422 g/mol. The number of hydrogen-bond acceptors (Lipinski definition) is 4. The molecule has 0 aliphatic heterocycles. The normalized spacial score (nSPS) is 11.1. The Morgan fingerprint density at radius 2 is 1.90 bits per heavy atom. The van der Waals surface area contributed by atoms with Crippen molar-refractivity contribution in [2.24, 2.45) is 0 Å². The first-order valence-corrected chi connectivity index (χ1v) is 9.68. The van der Waals surface area contributed by atoms with E-state index < -0.39 is 16.5 Å². The molecule has 0 spiro atoms. The van der Waals surface area contributed by atoms with Crippen LogP contribution in [0.2, 0.25) is 5.02 Å². The Morgan fingerprint density at radius 3 is 2.65 bits per heavy atom. The van der Waals surface area contributed by atoms with E-state index in [0.717, 1.165) is 4.68 Å². The fourth-order valence-electron chi connectivity index (χ4n) is 3.28. The van der Waals surface area contributed by atoms with Gasteiger partial charge in [-0.3, -0.25) is 19.5 Å². The van der Waals surface area contributed by atoms with E-state index in [0.29, 0.717) is 21.8 Å². The van der Waals surface area contributed by atoms with Crippen LogP contribution in [0.3, 0.4) is 0 Å². The van der Waals surface area contributed by atoms with Crippen molar-refractivity contribution in [1.29, 1.82) is 0 Å². The Kier molecular flexibility index (Phi) is 5.12. The molecule has 2 heterocycles. The van der Waals surface area contributed by atoms with Crippen LogP contribution in [-0.4, -0.2) is 39.8 Å². The van der Waals surface area contributed by atoms with E-state index in [-0.39, 0.29) is 28.9 Å². The second-order valence-corrected chi connectivity index (χ2v) is 7.69. The van der Waals surface area contributed by atoms with Gasteiger partial charge in [0.2, 0.25) is 5.43 Å². The van der Waals surface area contributed by atoms with Crippen molar-refractivity contribution in [3.8, 4) is 0 Å². The maximum atomic E-state index is 13.0. The minimum Gasteiger partial charge on any atom is -0.350 e. The molecular formula is C21H18ClN5O4. The number of benzene rings is 2. The van der Waals surface area contributed by atoms with E-state index in [1.807, 2.05) is 0 Å². The zero-order chi connectivity index (χ0) is 22.3. The van der Waals surface area contributed by atoms with Gasteiger partial charge in [0.15, 0.2) is 0 Å². The SMILES string of the molecule is CN(C)C(=O)Nc1cccc(Cn2[nH]c(=O)c3[nH]c4cc(Cl)ccc4c(=O)c3c2=O)c1. The first-order chi connectivity index (χ1) is 14.7. The van der Waals surface area contributed by atoms with Gasteiger partial charge in [0.05, 0.1) is 12.1 Å². The highest BCUT2D eigenvalue weighted by atomic mass is 35.5. The minimum atomic E-state index is -0.629. The fraction of sp³-hybridized carbons (Fsp3) is 0.143. The average molecular weight is 440 g/mol. The van der Waals surface area contributed by atoms with Crippen molar-refractivity contribution in [3.05, 3.63) is 84.0 Å². The number of rotatable bonds is 3. The number of urea groups is 1. The predicted octanol–water partition coefficient (Wildman–Crippen LogP) is 2.33. The van der Waals surface area contributed by atoms with Gasteiger partial charge in [-0.2, -0.15) is 0 Å². The van der Waals surface area contributed by atoms with E-state index in [9.17, 15) is 19.2 Å². The lowest BCUT2D eigenvalue weighted by Crippen LogP contribution is -2.34. The average Bonchev–Trinajstić information content (AvgIpc) is 2.71. The van der Waals surface area contributed by atoms with Gasteiger partial charge in [-0.05, 0) is 35.9 Å². The van der Waals surface area contributed by atoms with Crippen LogP contribution < -0.4 is 21.9 Å². The zero-order valence-corrected chi connectivity index (χ0v) is 17.4. The van der Waals surface area contributed by atoms with Crippen LogP contribution >= 0.6 is 11.6 Å². The Bertz CT molecular complexity index is 1520. The number of nitrogens with one attached hydrogen (secondary N) is 3. The summed E-state index contributed by atoms with van der Waals surface area (Å²) in [5.41, 5.74) is -0.325. The number of pyridine rings is 1. The molecule has 2 aromatic carbocycles. The second kappa shape index (κ2) is 7.77. The van der Waals surface area contributed by atoms with Crippen LogP contribution in [0.4, 0.5) is 10.5 Å². The molecule has 2 aromatic heterocycles. The molecule has 2 amide bonds. The number of aromatic nitrogens is 3. The summed E-state index contributed by atoms with van der Waals surface area (Å²) in [5, 5.41) is 5.65. The Hall–Kier alpha value is -3.85. The summed E-state index contributed by atoms with van der Waals surface area (Å²) in [4.78, 5) is 54.7. The van der Waals surface area contributed by atoms with Crippen molar-refractivity contribution in [2.75, 3.05) is 19.4 Å². The topological polar surface area (TPSA) is 120 Å². The highest BCUT2D eigenvalue weighted by Crippen LogP contribution is 2.16. The molecule has 31 heavy (non-hydrogen) atoms. The van der Waals surface area contributed by atoms with Gasteiger partial charge < -0.3 is 15.2 Å². The largest absolute Gasteiger partial charge is 0.350 e. The van der Waals surface area contributed by atoms with Gasteiger partial charge in [-0.25, -0.2) is 9.48 Å². The molecule has 4 rings (SSSR count). The highest BCUT2D eigenvalue weighted by molar-refractivity contribution is 6.31. The molecule has 3 N–H and O–H groups in total. The van der Waals surface area contributed by atoms with Gasteiger partial charge in [-0.1, -0.05) is 23.7 Å². The standard InChI is InChI=1S/C21H18ClN5O4/c1-26(2)21(31)23-13-5-3-4-11(8-13)10-27-20(30)16-17(19(29)25-27)24-15-9-12(22)6-7-14(15)18(16)28/h3-9H,10H2,1-2H3,(H,23,31)(H,24,28)(H,25,29). The maximum absolute atomic E-state index is 13.0. The van der Waals surface area contributed by atoms with Crippen LogP contribution in [0.15, 0.2) is 56.8 Å². The Labute approximate surface area is 179 Å². The third-order valence-electron chi connectivity index (χ3n) is 4.81. The second-order valence-electron chi connectivity index (χ2n) is 7.25. The number of halogens is 1. The number of H-pyrrole nitrogens is 2. The molecule has 0 atom stereocenters. The summed E-state index contributed by atoms with van der Waals surface area (Å²) >= 11 is 5.97. The number of aromatic amines is 2. The number of carbonyl (C=O) groups excluding carboxylic acids is 1. The molecule has 10 heteroatoms. The lowest BCUT2D eigenvalue weighted by atomic mass is 10.1. The van der Waals surface area contributed by atoms with Crippen molar-refractivity contribution in [1.82, 2.24) is 19.7 Å². The number of fused-ring (bicyclic) bond motifs is 2. The number of amides is 2. The molecule has 0 bridgehead atoms. The van der Waals surface area contributed by atoms with Crippen molar-refractivity contribution in [3.63, 3.8) is 0 Å². The van der Waals surface area contributed by atoms with Crippen molar-refractivity contribution < 1.29 is 4.79 Å². The summed E-state index contributed by atoms with van der Waals surface area (Å²) in [6.45, 7) is 0.00772. The van der Waals surface area contributed by atoms with Gasteiger partial charge in [0.25, 0.3) is 11.1 Å². The smallest absolute Gasteiger partial charge is 0.321 e. The Balaban J connectivity index is 1.81. The molecule has 9 nitrogen and oxygen atoms in total. The van der Waals surface area contributed by atoms with Crippen LogP contribution in [0.25, 0.3) is 21.8 Å². The van der Waals surface area contributed by atoms with Crippen LogP contribution in [0, 0.1) is 0 Å². The van der Waals surface area contributed by atoms with E-state index in [2.05, 4.69) is 15.4 Å². The predicted molar refractivity (Wildman–Crippen MR) is 120 cm³/mol. The van der Waals surface area contributed by atoms with E-state index in [4.69, 9.17) is 11.6 Å². The van der Waals surface area contributed by atoms with E-state index >= 15 is 0 Å². The molecule has 0 aliphatic rings. The molecule has 0 saturated carbocycles. The van der Waals surface area contributed by atoms with Crippen LogP contribution in [-0.2, 0) is 6.54 Å². The summed E-state index contributed by atoms with van der Waals surface area (Å²) in [5.74, 6) is 0. The summed E-state index contributed by atoms with van der Waals surface area (Å²) < 4.78 is 1.08. The molecule has 0 radical (unpaired) electrons. The maximum Gasteiger partial charge on any atom is 0.321 e. The zero-order valence-electron chi connectivity index (χ0n) is 16.7. The first-order valence-electron chi connectivity index (χ1n) is 9.30. The molecule has 0 aliphatic carbocycles. The van der Waals surface area contributed by atoms with Gasteiger partial charge in [-0.15, -0.1) is 0 Å². The minimum absolute atomic E-state index is 0.00772. The third-order valence-corrected chi connectivity index (χ3v) is 5.05. The monoisotopic (exact) mass is 439 g/mol. The molecule has 4 aromatic rings. The number of anilines is 1.